The molecule has 0 radical (unpaired) electrons. The normalized spacial score (nSPS) is 11.8. The summed E-state index contributed by atoms with van der Waals surface area (Å²) in [5, 5.41) is 12.5. The van der Waals surface area contributed by atoms with Crippen LogP contribution in [0.15, 0.2) is 194 Å². The van der Waals surface area contributed by atoms with Crippen LogP contribution in [0.3, 0.4) is 0 Å². The summed E-state index contributed by atoms with van der Waals surface area (Å²) in [7, 11) is 0. The molecule has 10 rings (SSSR count). The van der Waals surface area contributed by atoms with Crippen LogP contribution in [0.2, 0.25) is 0 Å². The fraction of sp³-hybridized carbons (Fsp3) is 0. The molecule has 10 aromatic carbocycles. The molecule has 0 spiro atoms. The molecule has 0 N–H and O–H groups in total. The highest BCUT2D eigenvalue weighted by molar-refractivity contribution is 6.22. The first-order valence-corrected chi connectivity index (χ1v) is 18.0. The largest absolute Gasteiger partial charge is 0.0622 e. The molecule has 0 fully saturated rings. The summed E-state index contributed by atoms with van der Waals surface area (Å²) in [5.74, 6) is 0. The fourth-order valence-corrected chi connectivity index (χ4v) is 7.97. The standard InChI is InChI=1S/C52H34/c1-2-10-35(11-3-1)18-19-36-20-21-42-31-43(25-24-41(42)30-36)44-28-29-49-50(34-44)52(46-27-23-38-13-5-7-15-40(38)33-46)48-17-9-8-16-47(48)51(49)45-26-22-37-12-4-6-14-39(37)32-45/h1-34H/b19-18+. The summed E-state index contributed by atoms with van der Waals surface area (Å²) in [4.78, 5) is 0. The molecule has 0 aliphatic heterocycles. The Bertz CT molecular complexity index is 3000. The lowest BCUT2D eigenvalue weighted by molar-refractivity contribution is 1.65. The highest BCUT2D eigenvalue weighted by atomic mass is 14.2. The molecule has 0 aliphatic rings. The van der Waals surface area contributed by atoms with Gasteiger partial charge in [-0.25, -0.2) is 0 Å². The van der Waals surface area contributed by atoms with Gasteiger partial charge >= 0.3 is 0 Å². The Hall–Kier alpha value is -6.76. The number of hydrogen-bond donors (Lipinski definition) is 0. The van der Waals surface area contributed by atoms with Gasteiger partial charge in [0.25, 0.3) is 0 Å². The van der Waals surface area contributed by atoms with Gasteiger partial charge in [-0.3, -0.25) is 0 Å². The van der Waals surface area contributed by atoms with Crippen LogP contribution in [-0.4, -0.2) is 0 Å². The van der Waals surface area contributed by atoms with E-state index in [0.717, 1.165) is 0 Å². The van der Waals surface area contributed by atoms with Gasteiger partial charge in [-0.1, -0.05) is 176 Å². The molecule has 0 aromatic heterocycles. The third-order valence-corrected chi connectivity index (χ3v) is 10.6. The van der Waals surface area contributed by atoms with E-state index in [1.807, 2.05) is 0 Å². The van der Waals surface area contributed by atoms with E-state index in [9.17, 15) is 0 Å². The van der Waals surface area contributed by atoms with Crippen LogP contribution >= 0.6 is 0 Å². The van der Waals surface area contributed by atoms with Gasteiger partial charge in [-0.15, -0.1) is 0 Å². The summed E-state index contributed by atoms with van der Waals surface area (Å²) in [5.41, 5.74) is 9.85. The van der Waals surface area contributed by atoms with Crippen molar-refractivity contribution < 1.29 is 0 Å². The Morgan fingerprint density at radius 2 is 0.654 bits per heavy atom. The molecular formula is C52H34. The first-order chi connectivity index (χ1) is 25.7. The Labute approximate surface area is 303 Å². The summed E-state index contributed by atoms with van der Waals surface area (Å²) in [6.45, 7) is 0. The second kappa shape index (κ2) is 12.5. The first-order valence-electron chi connectivity index (χ1n) is 18.0. The zero-order valence-electron chi connectivity index (χ0n) is 28.6. The Balaban J connectivity index is 1.18. The number of fused-ring (bicyclic) bond motifs is 5. The monoisotopic (exact) mass is 658 g/mol. The quantitative estimate of drug-likeness (QED) is 0.128. The minimum absolute atomic E-state index is 1.20. The van der Waals surface area contributed by atoms with Gasteiger partial charge in [0.15, 0.2) is 0 Å². The summed E-state index contributed by atoms with van der Waals surface area (Å²) in [6.07, 6.45) is 4.37. The number of rotatable bonds is 5. The van der Waals surface area contributed by atoms with Gasteiger partial charge in [0.1, 0.15) is 0 Å². The van der Waals surface area contributed by atoms with Crippen molar-refractivity contribution in [3.8, 4) is 33.4 Å². The van der Waals surface area contributed by atoms with Crippen molar-refractivity contribution in [1.29, 1.82) is 0 Å². The number of hydrogen-bond acceptors (Lipinski definition) is 0. The molecule has 0 heterocycles. The van der Waals surface area contributed by atoms with Crippen molar-refractivity contribution in [2.45, 2.75) is 0 Å². The first kappa shape index (κ1) is 30.1. The van der Waals surface area contributed by atoms with Crippen LogP contribution in [0.4, 0.5) is 0 Å². The molecule has 52 heavy (non-hydrogen) atoms. The average Bonchev–Trinajstić information content (AvgIpc) is 3.21. The molecule has 0 aliphatic carbocycles. The molecule has 0 nitrogen and oxygen atoms in total. The highest BCUT2D eigenvalue weighted by Crippen LogP contribution is 2.46. The molecule has 0 amide bonds. The molecular weight excluding hydrogens is 625 g/mol. The van der Waals surface area contributed by atoms with Gasteiger partial charge < -0.3 is 0 Å². The Morgan fingerprint density at radius 3 is 1.35 bits per heavy atom. The van der Waals surface area contributed by atoms with Gasteiger partial charge in [-0.05, 0) is 129 Å². The molecule has 0 unspecified atom stereocenters. The minimum Gasteiger partial charge on any atom is -0.0622 e. The zero-order chi connectivity index (χ0) is 34.4. The highest BCUT2D eigenvalue weighted by Gasteiger charge is 2.18. The molecule has 0 bridgehead atoms. The van der Waals surface area contributed by atoms with Gasteiger partial charge in [0.2, 0.25) is 0 Å². The predicted molar refractivity (Wildman–Crippen MR) is 226 cm³/mol. The van der Waals surface area contributed by atoms with Crippen molar-refractivity contribution in [3.05, 3.63) is 205 Å². The Morgan fingerprint density at radius 1 is 0.231 bits per heavy atom. The molecule has 10 aromatic rings. The molecule has 0 saturated carbocycles. The molecule has 242 valence electrons. The van der Waals surface area contributed by atoms with Crippen LogP contribution in [0.1, 0.15) is 11.1 Å². The maximum Gasteiger partial charge on any atom is -0.00259 e. The van der Waals surface area contributed by atoms with E-state index in [1.54, 1.807) is 0 Å². The third kappa shape index (κ3) is 5.34. The van der Waals surface area contributed by atoms with Crippen LogP contribution < -0.4 is 0 Å². The second-order valence-electron chi connectivity index (χ2n) is 13.7. The van der Waals surface area contributed by atoms with Crippen LogP contribution in [0, 0.1) is 0 Å². The molecule has 0 atom stereocenters. The summed E-state index contributed by atoms with van der Waals surface area (Å²) < 4.78 is 0. The van der Waals surface area contributed by atoms with Gasteiger partial charge in [-0.2, -0.15) is 0 Å². The maximum atomic E-state index is 2.43. The van der Waals surface area contributed by atoms with Crippen molar-refractivity contribution in [3.63, 3.8) is 0 Å². The molecule has 0 saturated heterocycles. The third-order valence-electron chi connectivity index (χ3n) is 10.6. The smallest absolute Gasteiger partial charge is 0.00259 e. The molecule has 0 heteroatoms. The SMILES string of the molecule is C(=C\c1ccc2cc(-c3ccc4c(-c5ccc6ccccc6c5)c5ccccc5c(-c5ccc6ccccc6c5)c4c3)ccc2c1)/c1ccccc1. The van der Waals surface area contributed by atoms with Crippen molar-refractivity contribution >= 4 is 66.0 Å². The zero-order valence-corrected chi connectivity index (χ0v) is 28.6. The lowest BCUT2D eigenvalue weighted by Crippen LogP contribution is -1.92. The van der Waals surface area contributed by atoms with E-state index < -0.39 is 0 Å². The predicted octanol–water partition coefficient (Wildman–Crippen LogP) is 14.6. The topological polar surface area (TPSA) is 0 Å². The fourth-order valence-electron chi connectivity index (χ4n) is 7.97. The van der Waals surface area contributed by atoms with Crippen LogP contribution in [0.25, 0.3) is 99.4 Å². The van der Waals surface area contributed by atoms with Crippen molar-refractivity contribution in [1.82, 2.24) is 0 Å². The van der Waals surface area contributed by atoms with Crippen molar-refractivity contribution in [2.24, 2.45) is 0 Å². The van der Waals surface area contributed by atoms with Gasteiger partial charge in [0.05, 0.1) is 0 Å². The second-order valence-corrected chi connectivity index (χ2v) is 13.7. The van der Waals surface area contributed by atoms with Crippen molar-refractivity contribution in [2.75, 3.05) is 0 Å². The van der Waals surface area contributed by atoms with E-state index in [2.05, 4.69) is 206 Å². The lowest BCUT2D eigenvalue weighted by atomic mass is 9.84. The van der Waals surface area contributed by atoms with E-state index in [0.29, 0.717) is 0 Å². The van der Waals surface area contributed by atoms with E-state index in [-0.39, 0.29) is 0 Å². The van der Waals surface area contributed by atoms with E-state index in [4.69, 9.17) is 0 Å². The maximum absolute atomic E-state index is 2.43. The van der Waals surface area contributed by atoms with E-state index >= 15 is 0 Å². The average molecular weight is 659 g/mol. The Kier molecular flexibility index (Phi) is 7.25. The van der Waals surface area contributed by atoms with E-state index in [1.165, 1.54) is 98.4 Å². The van der Waals surface area contributed by atoms with Crippen LogP contribution in [0.5, 0.6) is 0 Å². The summed E-state index contributed by atoms with van der Waals surface area (Å²) in [6, 6.07) is 71.2. The minimum atomic E-state index is 1.20. The van der Waals surface area contributed by atoms with Crippen LogP contribution in [-0.2, 0) is 0 Å². The number of benzene rings is 10. The summed E-state index contributed by atoms with van der Waals surface area (Å²) >= 11 is 0. The van der Waals surface area contributed by atoms with Gasteiger partial charge in [0, 0.05) is 0 Å². The lowest BCUT2D eigenvalue weighted by Gasteiger charge is -2.19.